The molecule has 1 heterocycles. The van der Waals surface area contributed by atoms with Gasteiger partial charge in [0.25, 0.3) is 12.5 Å². The second-order valence-corrected chi connectivity index (χ2v) is 4.05. The van der Waals surface area contributed by atoms with Crippen molar-refractivity contribution in [2.75, 3.05) is 12.4 Å². The van der Waals surface area contributed by atoms with E-state index in [0.717, 1.165) is 10.9 Å². The molecule has 0 bridgehead atoms. The number of methoxy groups -OCH3 is 1. The van der Waals surface area contributed by atoms with Crippen LogP contribution in [0, 0.1) is 0 Å². The Morgan fingerprint density at radius 2 is 2.42 bits per heavy atom. The SMILES string of the molecule is COc1ccc(Cl)cc1NC(=O)C[n+]1cc([O-])on1. The van der Waals surface area contributed by atoms with Gasteiger partial charge in [0.2, 0.25) is 6.20 Å². The van der Waals surface area contributed by atoms with Crippen LogP contribution in [0.1, 0.15) is 0 Å². The van der Waals surface area contributed by atoms with Crippen LogP contribution in [0.3, 0.4) is 0 Å². The molecule has 0 unspecified atom stereocenters. The monoisotopic (exact) mass is 283 g/mol. The van der Waals surface area contributed by atoms with Crippen molar-refractivity contribution in [3.63, 3.8) is 0 Å². The molecule has 0 aliphatic carbocycles. The van der Waals surface area contributed by atoms with E-state index in [0.29, 0.717) is 16.5 Å². The Balaban J connectivity index is 2.08. The third-order valence-electron chi connectivity index (χ3n) is 2.23. The zero-order chi connectivity index (χ0) is 13.8. The van der Waals surface area contributed by atoms with Crippen LogP contribution in [0.15, 0.2) is 28.9 Å². The van der Waals surface area contributed by atoms with Crippen molar-refractivity contribution in [1.29, 1.82) is 0 Å². The summed E-state index contributed by atoms with van der Waals surface area (Å²) in [5, 5.41) is 17.2. The number of carbonyl (C=O) groups excluding carboxylic acids is 1. The first-order valence-electron chi connectivity index (χ1n) is 5.25. The average molecular weight is 284 g/mol. The van der Waals surface area contributed by atoms with Gasteiger partial charge in [0.05, 0.1) is 18.1 Å². The van der Waals surface area contributed by atoms with Crippen molar-refractivity contribution in [2.24, 2.45) is 0 Å². The van der Waals surface area contributed by atoms with Crippen LogP contribution in [0.25, 0.3) is 0 Å². The highest BCUT2D eigenvalue weighted by molar-refractivity contribution is 6.31. The van der Waals surface area contributed by atoms with E-state index in [2.05, 4.69) is 15.1 Å². The van der Waals surface area contributed by atoms with Gasteiger partial charge in [-0.3, -0.25) is 4.79 Å². The van der Waals surface area contributed by atoms with Crippen molar-refractivity contribution in [1.82, 2.24) is 5.27 Å². The fraction of sp³-hybridized carbons (Fsp3) is 0.182. The van der Waals surface area contributed by atoms with Gasteiger partial charge in [0, 0.05) is 5.02 Å². The minimum Gasteiger partial charge on any atom is -0.539 e. The van der Waals surface area contributed by atoms with Crippen LogP contribution in [0.2, 0.25) is 5.02 Å². The normalized spacial score (nSPS) is 10.2. The van der Waals surface area contributed by atoms with E-state index in [4.69, 9.17) is 16.3 Å². The van der Waals surface area contributed by atoms with E-state index < -0.39 is 5.95 Å². The van der Waals surface area contributed by atoms with Crippen LogP contribution < -0.4 is 19.8 Å². The lowest BCUT2D eigenvalue weighted by atomic mass is 10.3. The molecule has 0 aliphatic heterocycles. The molecule has 1 aromatic carbocycles. The molecular formula is C11H10ClN3O4. The van der Waals surface area contributed by atoms with E-state index in [1.54, 1.807) is 18.2 Å². The molecular weight excluding hydrogens is 274 g/mol. The van der Waals surface area contributed by atoms with Crippen LogP contribution in [0.5, 0.6) is 11.7 Å². The number of amides is 1. The molecule has 19 heavy (non-hydrogen) atoms. The number of carbonyl (C=O) groups is 1. The summed E-state index contributed by atoms with van der Waals surface area (Å²) in [6.45, 7) is -0.151. The summed E-state index contributed by atoms with van der Waals surface area (Å²) in [6.07, 6.45) is 1.08. The number of benzene rings is 1. The van der Waals surface area contributed by atoms with Crippen LogP contribution in [-0.4, -0.2) is 18.3 Å². The highest BCUT2D eigenvalue weighted by atomic mass is 35.5. The number of nitrogens with one attached hydrogen (secondary N) is 1. The van der Waals surface area contributed by atoms with Gasteiger partial charge in [-0.05, 0) is 18.2 Å². The molecule has 2 rings (SSSR count). The van der Waals surface area contributed by atoms with Gasteiger partial charge in [-0.1, -0.05) is 16.3 Å². The summed E-state index contributed by atoms with van der Waals surface area (Å²) in [5.74, 6) is -0.528. The summed E-state index contributed by atoms with van der Waals surface area (Å²) in [6, 6.07) is 4.84. The predicted molar refractivity (Wildman–Crippen MR) is 62.8 cm³/mol. The largest absolute Gasteiger partial charge is 0.539 e. The topological polar surface area (TPSA) is 91.3 Å². The summed E-state index contributed by atoms with van der Waals surface area (Å²) < 4.78 is 10.5. The van der Waals surface area contributed by atoms with Crippen molar-refractivity contribution >= 4 is 23.2 Å². The summed E-state index contributed by atoms with van der Waals surface area (Å²) in [5.41, 5.74) is 0.437. The lowest BCUT2D eigenvalue weighted by Gasteiger charge is -2.08. The summed E-state index contributed by atoms with van der Waals surface area (Å²) in [7, 11) is 1.48. The van der Waals surface area contributed by atoms with Crippen molar-refractivity contribution < 1.29 is 23.8 Å². The molecule has 1 aromatic heterocycles. The Kier molecular flexibility index (Phi) is 3.86. The third kappa shape index (κ3) is 3.35. The standard InChI is InChI=1S/C11H10ClN3O4/c1-18-9-3-2-7(12)4-8(9)13-10(16)5-15-6-11(17)19-14-15/h2-4,6H,5H2,1H3,(H-,13,14,16,17). The molecule has 0 radical (unpaired) electrons. The van der Waals surface area contributed by atoms with Crippen LogP contribution in [-0.2, 0) is 11.3 Å². The molecule has 0 aliphatic rings. The van der Waals surface area contributed by atoms with Gasteiger partial charge < -0.3 is 19.7 Å². The second-order valence-electron chi connectivity index (χ2n) is 3.61. The first-order chi connectivity index (χ1) is 9.08. The van der Waals surface area contributed by atoms with E-state index >= 15 is 0 Å². The van der Waals surface area contributed by atoms with E-state index in [1.807, 2.05) is 0 Å². The Labute approximate surface area is 113 Å². The number of rotatable bonds is 4. The molecule has 1 amide bonds. The molecule has 2 aromatic rings. The maximum absolute atomic E-state index is 11.8. The Hall–Kier alpha value is -2.28. The molecule has 7 nitrogen and oxygen atoms in total. The van der Waals surface area contributed by atoms with Gasteiger partial charge in [-0.25, -0.2) is 0 Å². The number of halogens is 1. The maximum atomic E-state index is 11.8. The van der Waals surface area contributed by atoms with Crippen molar-refractivity contribution in [3.05, 3.63) is 29.4 Å². The number of nitrogens with zero attached hydrogens (tertiary/aromatic N) is 2. The molecule has 0 fully saturated rings. The number of aromatic nitrogens is 2. The Bertz CT molecular complexity index is 599. The van der Waals surface area contributed by atoms with Crippen molar-refractivity contribution in [2.45, 2.75) is 6.54 Å². The van der Waals surface area contributed by atoms with E-state index in [1.165, 1.54) is 7.11 Å². The molecule has 0 saturated heterocycles. The predicted octanol–water partition coefficient (Wildman–Crippen LogP) is 0.336. The lowest BCUT2D eigenvalue weighted by molar-refractivity contribution is -0.750. The Morgan fingerprint density at radius 1 is 1.63 bits per heavy atom. The highest BCUT2D eigenvalue weighted by Gasteiger charge is 2.14. The zero-order valence-electron chi connectivity index (χ0n) is 9.92. The fourth-order valence-electron chi connectivity index (χ4n) is 1.45. The number of anilines is 1. The number of ether oxygens (including phenoxy) is 1. The first-order valence-corrected chi connectivity index (χ1v) is 5.63. The number of hydrogen-bond donors (Lipinski definition) is 1. The van der Waals surface area contributed by atoms with Crippen LogP contribution in [0.4, 0.5) is 5.69 Å². The van der Waals surface area contributed by atoms with Gasteiger partial charge in [0.15, 0.2) is 0 Å². The van der Waals surface area contributed by atoms with Crippen molar-refractivity contribution in [3.8, 4) is 11.7 Å². The third-order valence-corrected chi connectivity index (χ3v) is 2.47. The van der Waals surface area contributed by atoms with Crippen LogP contribution >= 0.6 is 11.6 Å². The van der Waals surface area contributed by atoms with Gasteiger partial charge in [0.1, 0.15) is 11.7 Å². The fourth-order valence-corrected chi connectivity index (χ4v) is 1.62. The lowest BCUT2D eigenvalue weighted by Crippen LogP contribution is -2.41. The quantitative estimate of drug-likeness (QED) is 0.817. The molecule has 0 spiro atoms. The second kappa shape index (κ2) is 5.57. The van der Waals surface area contributed by atoms with Gasteiger partial charge >= 0.3 is 0 Å². The summed E-state index contributed by atoms with van der Waals surface area (Å²) in [4.78, 5) is 11.8. The minimum absolute atomic E-state index is 0.151. The van der Waals surface area contributed by atoms with Gasteiger partial charge in [-0.2, -0.15) is 0 Å². The summed E-state index contributed by atoms with van der Waals surface area (Å²) >= 11 is 5.84. The molecule has 0 saturated carbocycles. The number of hydrogen-bond acceptors (Lipinski definition) is 5. The zero-order valence-corrected chi connectivity index (χ0v) is 10.7. The van der Waals surface area contributed by atoms with Gasteiger partial charge in [-0.15, -0.1) is 0 Å². The molecule has 8 heteroatoms. The molecule has 1 N–H and O–H groups in total. The first kappa shape index (κ1) is 13.2. The van der Waals surface area contributed by atoms with E-state index in [-0.39, 0.29) is 12.5 Å². The smallest absolute Gasteiger partial charge is 0.293 e. The molecule has 0 atom stereocenters. The van der Waals surface area contributed by atoms with E-state index in [9.17, 15) is 9.90 Å². The average Bonchev–Trinajstić information content (AvgIpc) is 2.75. The minimum atomic E-state index is -0.617. The molecule has 100 valence electrons. The Morgan fingerprint density at radius 3 is 3.05 bits per heavy atom. The highest BCUT2D eigenvalue weighted by Crippen LogP contribution is 2.27. The maximum Gasteiger partial charge on any atom is 0.293 e.